The third-order valence-electron chi connectivity index (χ3n) is 5.72. The number of aliphatic hydroxyl groups excluding tert-OH is 2. The molecule has 0 aromatic rings. The monoisotopic (exact) mass is 298 g/mol. The van der Waals surface area contributed by atoms with Crippen molar-refractivity contribution in [2.24, 2.45) is 23.7 Å². The molecule has 2 aliphatic rings. The van der Waals surface area contributed by atoms with Crippen LogP contribution in [0, 0.1) is 23.7 Å². The topological polar surface area (TPSA) is 49.7 Å². The molecule has 0 spiro atoms. The van der Waals surface area contributed by atoms with Crippen LogP contribution in [0.4, 0.5) is 0 Å². The van der Waals surface area contributed by atoms with Crippen LogP contribution in [-0.2, 0) is 4.74 Å². The second-order valence-corrected chi connectivity index (χ2v) is 7.96. The van der Waals surface area contributed by atoms with Gasteiger partial charge in [0.15, 0.2) is 0 Å². The first-order chi connectivity index (χ1) is 9.88. The van der Waals surface area contributed by atoms with Crippen LogP contribution in [0.25, 0.3) is 0 Å². The second kappa shape index (κ2) is 7.43. The Kier molecular flexibility index (Phi) is 6.10. The molecule has 0 heterocycles. The number of rotatable bonds is 4. The minimum absolute atomic E-state index is 0.151. The molecular weight excluding hydrogens is 264 g/mol. The lowest BCUT2D eigenvalue weighted by Gasteiger charge is -2.40. The average Bonchev–Trinajstić information content (AvgIpc) is 2.42. The number of hydrogen-bond donors (Lipinski definition) is 2. The molecule has 2 rings (SSSR count). The Morgan fingerprint density at radius 2 is 1.10 bits per heavy atom. The van der Waals surface area contributed by atoms with E-state index in [0.29, 0.717) is 35.9 Å². The van der Waals surface area contributed by atoms with Gasteiger partial charge in [0, 0.05) is 0 Å². The van der Waals surface area contributed by atoms with Crippen LogP contribution in [0.1, 0.15) is 66.2 Å². The highest BCUT2D eigenvalue weighted by molar-refractivity contribution is 4.86. The van der Waals surface area contributed by atoms with Crippen molar-refractivity contribution in [3.05, 3.63) is 0 Å². The molecule has 0 bridgehead atoms. The Hall–Kier alpha value is -0.120. The van der Waals surface area contributed by atoms with Gasteiger partial charge in [-0.05, 0) is 62.2 Å². The van der Waals surface area contributed by atoms with Crippen molar-refractivity contribution < 1.29 is 14.9 Å². The maximum Gasteiger partial charge on any atom is 0.0583 e. The maximum atomic E-state index is 10.1. The molecule has 3 heteroatoms. The first-order valence-electron chi connectivity index (χ1n) is 8.90. The molecule has 0 amide bonds. The lowest BCUT2D eigenvalue weighted by Crippen LogP contribution is -2.41. The smallest absolute Gasteiger partial charge is 0.0583 e. The highest BCUT2D eigenvalue weighted by Gasteiger charge is 2.36. The van der Waals surface area contributed by atoms with Crippen molar-refractivity contribution in [2.75, 3.05) is 0 Å². The zero-order valence-electron chi connectivity index (χ0n) is 14.2. The van der Waals surface area contributed by atoms with Crippen molar-refractivity contribution in [1.82, 2.24) is 0 Å². The lowest BCUT2D eigenvalue weighted by molar-refractivity contribution is -0.109. The maximum absolute atomic E-state index is 10.1. The molecule has 2 aliphatic carbocycles. The van der Waals surface area contributed by atoms with Crippen LogP contribution in [0.15, 0.2) is 0 Å². The Morgan fingerprint density at radius 3 is 1.43 bits per heavy atom. The van der Waals surface area contributed by atoms with Gasteiger partial charge in [-0.2, -0.15) is 0 Å². The van der Waals surface area contributed by atoms with E-state index in [0.717, 1.165) is 38.5 Å². The van der Waals surface area contributed by atoms with Crippen LogP contribution < -0.4 is 0 Å². The number of ether oxygens (including phenoxy) is 1. The van der Waals surface area contributed by atoms with Gasteiger partial charge >= 0.3 is 0 Å². The van der Waals surface area contributed by atoms with E-state index in [1.165, 1.54) is 0 Å². The van der Waals surface area contributed by atoms with Gasteiger partial charge in [-0.15, -0.1) is 0 Å². The SMILES string of the molecule is CC(C)C1CC(OC2CCC(O)C(C(C)C)C2)CCC1O. The lowest BCUT2D eigenvalue weighted by atomic mass is 9.76. The largest absolute Gasteiger partial charge is 0.393 e. The molecule has 21 heavy (non-hydrogen) atoms. The van der Waals surface area contributed by atoms with Crippen molar-refractivity contribution in [3.8, 4) is 0 Å². The molecule has 0 aromatic carbocycles. The van der Waals surface area contributed by atoms with E-state index in [4.69, 9.17) is 4.74 Å². The highest BCUT2D eigenvalue weighted by atomic mass is 16.5. The van der Waals surface area contributed by atoms with Gasteiger partial charge in [-0.25, -0.2) is 0 Å². The Morgan fingerprint density at radius 1 is 0.714 bits per heavy atom. The molecule has 0 aliphatic heterocycles. The quantitative estimate of drug-likeness (QED) is 0.836. The third-order valence-corrected chi connectivity index (χ3v) is 5.72. The Bertz CT molecular complexity index is 286. The van der Waals surface area contributed by atoms with Crippen LogP contribution in [0.5, 0.6) is 0 Å². The Labute approximate surface area is 130 Å². The molecule has 0 radical (unpaired) electrons. The predicted octanol–water partition coefficient (Wildman–Crippen LogP) is 3.37. The molecule has 6 atom stereocenters. The molecule has 6 unspecified atom stereocenters. The molecular formula is C18H34O3. The normalized spacial score (nSPS) is 41.7. The van der Waals surface area contributed by atoms with Gasteiger partial charge in [-0.1, -0.05) is 27.7 Å². The fourth-order valence-electron chi connectivity index (χ4n) is 4.25. The van der Waals surface area contributed by atoms with E-state index >= 15 is 0 Å². The van der Waals surface area contributed by atoms with Crippen LogP contribution >= 0.6 is 0 Å². The summed E-state index contributed by atoms with van der Waals surface area (Å²) in [5, 5.41) is 20.2. The molecule has 3 nitrogen and oxygen atoms in total. The zero-order valence-corrected chi connectivity index (χ0v) is 14.2. The first-order valence-corrected chi connectivity index (χ1v) is 8.90. The molecule has 0 saturated heterocycles. The summed E-state index contributed by atoms with van der Waals surface area (Å²) in [4.78, 5) is 0. The number of hydrogen-bond acceptors (Lipinski definition) is 3. The average molecular weight is 298 g/mol. The summed E-state index contributed by atoms with van der Waals surface area (Å²) in [5.41, 5.74) is 0. The molecule has 2 saturated carbocycles. The number of aliphatic hydroxyl groups is 2. The van der Waals surface area contributed by atoms with Crippen molar-refractivity contribution in [2.45, 2.75) is 90.6 Å². The fourth-order valence-corrected chi connectivity index (χ4v) is 4.25. The van der Waals surface area contributed by atoms with Crippen molar-refractivity contribution in [1.29, 1.82) is 0 Å². The van der Waals surface area contributed by atoms with Gasteiger partial charge in [-0.3, -0.25) is 0 Å². The van der Waals surface area contributed by atoms with Gasteiger partial charge in [0.05, 0.1) is 24.4 Å². The molecule has 124 valence electrons. The summed E-state index contributed by atoms with van der Waals surface area (Å²) in [5.74, 6) is 1.78. The summed E-state index contributed by atoms with van der Waals surface area (Å²) in [6.45, 7) is 8.79. The van der Waals surface area contributed by atoms with E-state index in [-0.39, 0.29) is 12.2 Å². The summed E-state index contributed by atoms with van der Waals surface area (Å²) in [7, 11) is 0. The summed E-state index contributed by atoms with van der Waals surface area (Å²) >= 11 is 0. The van der Waals surface area contributed by atoms with Gasteiger partial charge < -0.3 is 14.9 Å². The first kappa shape index (κ1) is 17.2. The minimum Gasteiger partial charge on any atom is -0.393 e. The molecule has 0 aromatic heterocycles. The summed E-state index contributed by atoms with van der Waals surface area (Å²) in [6.07, 6.45) is 5.98. The van der Waals surface area contributed by atoms with E-state index < -0.39 is 0 Å². The van der Waals surface area contributed by atoms with E-state index in [1.807, 2.05) is 0 Å². The van der Waals surface area contributed by atoms with Gasteiger partial charge in [0.2, 0.25) is 0 Å². The highest BCUT2D eigenvalue weighted by Crippen LogP contribution is 2.36. The second-order valence-electron chi connectivity index (χ2n) is 7.96. The van der Waals surface area contributed by atoms with Gasteiger partial charge in [0.25, 0.3) is 0 Å². The predicted molar refractivity (Wildman–Crippen MR) is 85.0 cm³/mol. The summed E-state index contributed by atoms with van der Waals surface area (Å²) < 4.78 is 6.37. The minimum atomic E-state index is -0.151. The van der Waals surface area contributed by atoms with Crippen LogP contribution in [0.3, 0.4) is 0 Å². The van der Waals surface area contributed by atoms with Crippen LogP contribution in [0.2, 0.25) is 0 Å². The summed E-state index contributed by atoms with van der Waals surface area (Å²) in [6, 6.07) is 0. The molecule has 2 N–H and O–H groups in total. The van der Waals surface area contributed by atoms with E-state index in [9.17, 15) is 10.2 Å². The zero-order chi connectivity index (χ0) is 15.6. The van der Waals surface area contributed by atoms with E-state index in [2.05, 4.69) is 27.7 Å². The van der Waals surface area contributed by atoms with Crippen LogP contribution in [-0.4, -0.2) is 34.6 Å². The van der Waals surface area contributed by atoms with E-state index in [1.54, 1.807) is 0 Å². The van der Waals surface area contributed by atoms with Crippen molar-refractivity contribution in [3.63, 3.8) is 0 Å². The fraction of sp³-hybridized carbons (Fsp3) is 1.00. The molecule has 2 fully saturated rings. The third kappa shape index (κ3) is 4.43. The standard InChI is InChI=1S/C18H34O3/c1-11(2)15-9-13(5-7-17(15)19)21-14-6-8-18(20)16(10-14)12(3)4/h11-20H,5-10H2,1-4H3. The van der Waals surface area contributed by atoms with Gasteiger partial charge in [0.1, 0.15) is 0 Å². The Balaban J connectivity index is 1.87. The van der Waals surface area contributed by atoms with Crippen molar-refractivity contribution >= 4 is 0 Å².